The Kier molecular flexibility index (Phi) is 1.08. The van der Waals surface area contributed by atoms with Gasteiger partial charge in [-0.15, -0.1) is 0 Å². The van der Waals surface area contributed by atoms with Crippen LogP contribution < -0.4 is 0 Å². The van der Waals surface area contributed by atoms with Crippen molar-refractivity contribution in [1.82, 2.24) is 0 Å². The van der Waals surface area contributed by atoms with Crippen LogP contribution in [0.4, 0.5) is 0 Å². The number of rotatable bonds is 1. The molecule has 1 saturated heterocycles. The van der Waals surface area contributed by atoms with Gasteiger partial charge in [0.05, 0.1) is 0 Å². The molecule has 0 amide bonds. The SMILES string of the molecule is OP1(O)([O][Mo])OO1. The Hall–Kier alpha value is 0.918. The first kappa shape index (κ1) is 6.04. The van der Waals surface area contributed by atoms with Crippen LogP contribution in [0.1, 0.15) is 0 Å². The van der Waals surface area contributed by atoms with Crippen molar-refractivity contribution in [2.24, 2.45) is 0 Å². The summed E-state index contributed by atoms with van der Waals surface area (Å²) in [5, 5.41) is 0. The van der Waals surface area contributed by atoms with Crippen LogP contribution in [0.3, 0.4) is 0 Å². The standard InChI is InChI=1S/Mo.H2O5P/c;1-6(2,3)4-5-6/h;1-2H/q+1;-1. The van der Waals surface area contributed by atoms with Gasteiger partial charge in [0.2, 0.25) is 0 Å². The van der Waals surface area contributed by atoms with E-state index in [2.05, 4.69) is 12.5 Å². The molecule has 0 spiro atoms. The Labute approximate surface area is 50.8 Å². The molecular formula is H2MoO5P. The van der Waals surface area contributed by atoms with E-state index in [1.54, 1.807) is 0 Å². The molecule has 0 saturated carbocycles. The Morgan fingerprint density at radius 3 is 1.86 bits per heavy atom. The fourth-order valence-electron chi connectivity index (χ4n) is 0.0683. The van der Waals surface area contributed by atoms with E-state index in [4.69, 9.17) is 9.79 Å². The summed E-state index contributed by atoms with van der Waals surface area (Å²) in [6, 6.07) is 0. The van der Waals surface area contributed by atoms with Crippen molar-refractivity contribution >= 4 is 7.74 Å². The van der Waals surface area contributed by atoms with Gasteiger partial charge in [0.15, 0.2) is 0 Å². The van der Waals surface area contributed by atoms with Crippen molar-refractivity contribution in [3.8, 4) is 0 Å². The van der Waals surface area contributed by atoms with E-state index in [0.29, 0.717) is 0 Å². The van der Waals surface area contributed by atoms with Crippen molar-refractivity contribution in [1.29, 1.82) is 0 Å². The monoisotopic (exact) mass is 211 g/mol. The van der Waals surface area contributed by atoms with Gasteiger partial charge in [-0.3, -0.25) is 0 Å². The van der Waals surface area contributed by atoms with Crippen molar-refractivity contribution in [3.63, 3.8) is 0 Å². The fraction of sp³-hybridized carbons (Fsp3) is 0. The summed E-state index contributed by atoms with van der Waals surface area (Å²) in [5.74, 6) is 0. The Bertz CT molecular complexity index is 90.3. The van der Waals surface area contributed by atoms with Gasteiger partial charge in [-0.05, 0) is 0 Å². The number of hydrogen-bond donors (Lipinski definition) is 2. The van der Waals surface area contributed by atoms with E-state index in [0.717, 1.165) is 20.2 Å². The molecule has 7 heavy (non-hydrogen) atoms. The topological polar surface area (TPSA) is 74.8 Å². The molecule has 0 aromatic carbocycles. The normalized spacial score (nSPS) is 38.3. The molecule has 1 rings (SSSR count). The third-order valence-electron chi connectivity index (χ3n) is 0.396. The second kappa shape index (κ2) is 1.25. The first-order chi connectivity index (χ1) is 3.05. The third-order valence-corrected chi connectivity index (χ3v) is 3.07. The molecule has 0 aliphatic carbocycles. The van der Waals surface area contributed by atoms with E-state index in [1.807, 2.05) is 0 Å². The minimum atomic E-state index is -4.32. The summed E-state index contributed by atoms with van der Waals surface area (Å²) in [6.07, 6.45) is 0. The molecule has 1 fully saturated rings. The van der Waals surface area contributed by atoms with Crippen LogP contribution in [0.2, 0.25) is 0 Å². The first-order valence-corrected chi connectivity index (χ1v) is 4.00. The summed E-state index contributed by atoms with van der Waals surface area (Å²) in [4.78, 5) is 16.8. The van der Waals surface area contributed by atoms with Crippen LogP contribution >= 0.6 is 7.74 Å². The number of hydrogen-bond acceptors (Lipinski definition) is 5. The predicted molar refractivity (Wildman–Crippen MR) is 14.6 cm³/mol. The molecule has 2 N–H and O–H groups in total. The van der Waals surface area contributed by atoms with E-state index >= 15 is 0 Å². The van der Waals surface area contributed by atoms with Crippen LogP contribution in [0, 0.1) is 0 Å². The summed E-state index contributed by atoms with van der Waals surface area (Å²) in [5.41, 5.74) is 0. The maximum atomic E-state index is 8.42. The van der Waals surface area contributed by atoms with Gasteiger partial charge in [-0.2, -0.15) is 0 Å². The zero-order chi connectivity index (χ0) is 5.57. The van der Waals surface area contributed by atoms with Gasteiger partial charge >= 0.3 is 50.2 Å². The quantitative estimate of drug-likeness (QED) is 0.264. The molecular weight excluding hydrogens is 207 g/mol. The second-order valence-electron chi connectivity index (χ2n) is 1.03. The van der Waals surface area contributed by atoms with Crippen molar-refractivity contribution in [2.75, 3.05) is 0 Å². The Morgan fingerprint density at radius 1 is 1.43 bits per heavy atom. The maximum absolute atomic E-state index is 8.42. The van der Waals surface area contributed by atoms with E-state index in [9.17, 15) is 0 Å². The van der Waals surface area contributed by atoms with Crippen molar-refractivity contribution < 1.29 is 42.5 Å². The van der Waals surface area contributed by atoms with Gasteiger partial charge in [0.1, 0.15) is 0 Å². The van der Waals surface area contributed by atoms with E-state index in [1.165, 1.54) is 0 Å². The van der Waals surface area contributed by atoms with Gasteiger partial charge in [-0.1, -0.05) is 0 Å². The minimum absolute atomic E-state index is 1.02. The van der Waals surface area contributed by atoms with Crippen LogP contribution in [0.15, 0.2) is 0 Å². The average molecular weight is 209 g/mol. The first-order valence-electron chi connectivity index (χ1n) is 1.28. The molecule has 0 unspecified atom stereocenters. The summed E-state index contributed by atoms with van der Waals surface area (Å²) < 4.78 is 11.6. The van der Waals surface area contributed by atoms with Crippen molar-refractivity contribution in [3.05, 3.63) is 0 Å². The van der Waals surface area contributed by atoms with Gasteiger partial charge in [0, 0.05) is 0 Å². The van der Waals surface area contributed by atoms with E-state index in [-0.39, 0.29) is 0 Å². The molecule has 0 radical (unpaired) electrons. The van der Waals surface area contributed by atoms with Crippen LogP contribution in [0.25, 0.3) is 0 Å². The van der Waals surface area contributed by atoms with Gasteiger partial charge in [0.25, 0.3) is 0 Å². The second-order valence-corrected chi connectivity index (χ2v) is 4.18. The molecule has 43 valence electrons. The zero-order valence-electron chi connectivity index (χ0n) is 2.97. The molecule has 1 heterocycles. The molecule has 0 aromatic rings. The molecule has 5 nitrogen and oxygen atoms in total. The Morgan fingerprint density at radius 2 is 1.86 bits per heavy atom. The molecule has 1 aliphatic heterocycles. The summed E-state index contributed by atoms with van der Waals surface area (Å²) in [6.45, 7) is 0. The molecule has 7 heteroatoms. The summed E-state index contributed by atoms with van der Waals surface area (Å²) >= 11 is 1.02. The molecule has 0 bridgehead atoms. The Balaban J connectivity index is 2.58. The molecule has 1 aliphatic rings. The zero-order valence-corrected chi connectivity index (χ0v) is 5.88. The average Bonchev–Trinajstić information content (AvgIpc) is 2.20. The third kappa shape index (κ3) is 1.18. The molecule has 0 atom stereocenters. The van der Waals surface area contributed by atoms with E-state index < -0.39 is 7.74 Å². The van der Waals surface area contributed by atoms with Crippen LogP contribution in [-0.4, -0.2) is 9.79 Å². The van der Waals surface area contributed by atoms with Gasteiger partial charge < -0.3 is 0 Å². The molecule has 0 aromatic heterocycles. The predicted octanol–water partition coefficient (Wildman–Crippen LogP) is -0.461. The van der Waals surface area contributed by atoms with Crippen LogP contribution in [0.5, 0.6) is 0 Å². The fourth-order valence-corrected chi connectivity index (χ4v) is 0.832. The van der Waals surface area contributed by atoms with Crippen LogP contribution in [-0.2, 0) is 32.7 Å². The summed E-state index contributed by atoms with van der Waals surface area (Å²) in [7, 11) is -4.32. The van der Waals surface area contributed by atoms with Gasteiger partial charge in [-0.25, -0.2) is 0 Å². The van der Waals surface area contributed by atoms with Crippen molar-refractivity contribution in [2.45, 2.75) is 0 Å².